The summed E-state index contributed by atoms with van der Waals surface area (Å²) < 4.78 is 27.1. The summed E-state index contributed by atoms with van der Waals surface area (Å²) in [6, 6.07) is 7.09. The van der Waals surface area contributed by atoms with Crippen molar-refractivity contribution in [3.05, 3.63) is 51.4 Å². The predicted octanol–water partition coefficient (Wildman–Crippen LogP) is 4.08. The Bertz CT molecular complexity index is 1010. The standard InChI is InChI=1S/C20H23NO4S2/c1-13-10-15(3)16(11-14(13)2)12-17(20(22)23)18-6-7-19(26-18)27(24,25)21-8-4-5-9-21/h6-7,10-12H,4-5,8-9H2,1-3H3,(H,22,23)/b17-12-. The number of hydrogen-bond acceptors (Lipinski definition) is 4. The fraction of sp³-hybridized carbons (Fsp3) is 0.350. The highest BCUT2D eigenvalue weighted by atomic mass is 32.2. The fourth-order valence-corrected chi connectivity index (χ4v) is 6.18. The first-order valence-corrected chi connectivity index (χ1v) is 11.1. The lowest BCUT2D eigenvalue weighted by molar-refractivity contribution is -0.130. The second kappa shape index (κ2) is 7.58. The molecule has 0 atom stereocenters. The Labute approximate surface area is 164 Å². The van der Waals surface area contributed by atoms with E-state index in [4.69, 9.17) is 0 Å². The summed E-state index contributed by atoms with van der Waals surface area (Å²) >= 11 is 1.02. The lowest BCUT2D eigenvalue weighted by Gasteiger charge is -2.13. The van der Waals surface area contributed by atoms with Crippen LogP contribution in [0.25, 0.3) is 11.6 Å². The van der Waals surface area contributed by atoms with Gasteiger partial charge in [0, 0.05) is 18.0 Å². The molecule has 0 aliphatic carbocycles. The highest BCUT2D eigenvalue weighted by Crippen LogP contribution is 2.32. The van der Waals surface area contributed by atoms with E-state index in [1.54, 1.807) is 12.1 Å². The molecular formula is C20H23NO4S2. The molecule has 0 bridgehead atoms. The van der Waals surface area contributed by atoms with Gasteiger partial charge in [-0.1, -0.05) is 12.1 Å². The Hall–Kier alpha value is -1.96. The number of hydrogen-bond donors (Lipinski definition) is 1. The number of rotatable bonds is 5. The Kier molecular flexibility index (Phi) is 5.55. The first-order chi connectivity index (χ1) is 12.7. The van der Waals surface area contributed by atoms with Crippen LogP contribution in [0.5, 0.6) is 0 Å². The summed E-state index contributed by atoms with van der Waals surface area (Å²) in [5.74, 6) is -1.07. The van der Waals surface area contributed by atoms with Crippen LogP contribution in [0.3, 0.4) is 0 Å². The lowest BCUT2D eigenvalue weighted by atomic mass is 9.99. The molecule has 5 nitrogen and oxygen atoms in total. The summed E-state index contributed by atoms with van der Waals surface area (Å²) in [4.78, 5) is 12.3. The molecule has 1 aromatic carbocycles. The highest BCUT2D eigenvalue weighted by molar-refractivity contribution is 7.91. The molecule has 1 saturated heterocycles. The van der Waals surface area contributed by atoms with Crippen molar-refractivity contribution < 1.29 is 18.3 Å². The number of aliphatic carboxylic acids is 1. The Morgan fingerprint density at radius 3 is 2.33 bits per heavy atom. The van der Waals surface area contributed by atoms with E-state index in [0.717, 1.165) is 46.4 Å². The van der Waals surface area contributed by atoms with Gasteiger partial charge in [-0.05, 0) is 74.1 Å². The minimum atomic E-state index is -3.54. The molecule has 0 amide bonds. The minimum Gasteiger partial charge on any atom is -0.478 e. The molecule has 0 spiro atoms. The van der Waals surface area contributed by atoms with Crippen LogP contribution in [-0.4, -0.2) is 36.9 Å². The third-order valence-corrected chi connectivity index (χ3v) is 8.40. The van der Waals surface area contributed by atoms with Gasteiger partial charge in [-0.3, -0.25) is 0 Å². The van der Waals surface area contributed by atoms with E-state index < -0.39 is 16.0 Å². The quantitative estimate of drug-likeness (QED) is 0.761. The Morgan fingerprint density at radius 1 is 1.07 bits per heavy atom. The average Bonchev–Trinajstić information content (AvgIpc) is 3.28. The summed E-state index contributed by atoms with van der Waals surface area (Å²) in [7, 11) is -3.54. The molecule has 2 heterocycles. The van der Waals surface area contributed by atoms with Crippen molar-refractivity contribution in [2.24, 2.45) is 0 Å². The van der Waals surface area contributed by atoms with Gasteiger partial charge in [-0.15, -0.1) is 11.3 Å². The molecule has 1 N–H and O–H groups in total. The summed E-state index contributed by atoms with van der Waals surface area (Å²) in [6.07, 6.45) is 3.36. The van der Waals surface area contributed by atoms with Crippen LogP contribution in [-0.2, 0) is 14.8 Å². The second-order valence-corrected chi connectivity index (χ2v) is 10.1. The first kappa shape index (κ1) is 19.8. The normalized spacial score (nSPS) is 16.0. The molecule has 1 aromatic heterocycles. The van der Waals surface area contributed by atoms with Gasteiger partial charge in [0.1, 0.15) is 4.21 Å². The van der Waals surface area contributed by atoms with Crippen LogP contribution in [0.2, 0.25) is 0 Å². The number of benzene rings is 1. The van der Waals surface area contributed by atoms with Gasteiger partial charge in [-0.2, -0.15) is 4.31 Å². The van der Waals surface area contributed by atoms with Crippen LogP contribution in [0.4, 0.5) is 0 Å². The number of aryl methyl sites for hydroxylation is 3. The fourth-order valence-electron chi connectivity index (χ4n) is 3.19. The van der Waals surface area contributed by atoms with Crippen LogP contribution >= 0.6 is 11.3 Å². The monoisotopic (exact) mass is 405 g/mol. The summed E-state index contributed by atoms with van der Waals surface area (Å²) in [5.41, 5.74) is 4.15. The van der Waals surface area contributed by atoms with Gasteiger partial charge < -0.3 is 5.11 Å². The topological polar surface area (TPSA) is 74.7 Å². The SMILES string of the molecule is Cc1cc(C)c(/C=C(\C(=O)O)c2ccc(S(=O)(=O)N3CCCC3)s2)cc1C. The van der Waals surface area contributed by atoms with E-state index in [1.165, 1.54) is 10.4 Å². The predicted molar refractivity (Wildman–Crippen MR) is 108 cm³/mol. The van der Waals surface area contributed by atoms with Crippen molar-refractivity contribution in [2.45, 2.75) is 37.8 Å². The van der Waals surface area contributed by atoms with Gasteiger partial charge in [0.15, 0.2) is 0 Å². The third-order valence-electron chi connectivity index (χ3n) is 4.92. The van der Waals surface area contributed by atoms with Gasteiger partial charge in [0.25, 0.3) is 10.0 Å². The molecule has 1 aliphatic heterocycles. The number of carboxylic acid groups (broad SMARTS) is 1. The van der Waals surface area contributed by atoms with Crippen molar-refractivity contribution in [1.29, 1.82) is 0 Å². The second-order valence-electron chi connectivity index (χ2n) is 6.89. The van der Waals surface area contributed by atoms with Crippen LogP contribution in [0.15, 0.2) is 28.5 Å². The number of nitrogens with zero attached hydrogens (tertiary/aromatic N) is 1. The maximum absolute atomic E-state index is 12.7. The van der Waals surface area contributed by atoms with Crippen LogP contribution < -0.4 is 0 Å². The van der Waals surface area contributed by atoms with Crippen molar-refractivity contribution in [2.75, 3.05) is 13.1 Å². The highest BCUT2D eigenvalue weighted by Gasteiger charge is 2.29. The molecule has 0 unspecified atom stereocenters. The molecule has 7 heteroatoms. The Morgan fingerprint density at radius 2 is 1.70 bits per heavy atom. The smallest absolute Gasteiger partial charge is 0.337 e. The van der Waals surface area contributed by atoms with E-state index in [9.17, 15) is 18.3 Å². The molecule has 144 valence electrons. The van der Waals surface area contributed by atoms with Crippen molar-refractivity contribution in [3.8, 4) is 0 Å². The molecule has 1 aliphatic rings. The van der Waals surface area contributed by atoms with E-state index in [1.807, 2.05) is 32.9 Å². The van der Waals surface area contributed by atoms with E-state index >= 15 is 0 Å². The zero-order valence-corrected chi connectivity index (χ0v) is 17.3. The molecule has 0 saturated carbocycles. The third kappa shape index (κ3) is 4.00. The lowest BCUT2D eigenvalue weighted by Crippen LogP contribution is -2.27. The minimum absolute atomic E-state index is 0.106. The molecular weight excluding hydrogens is 382 g/mol. The number of sulfonamides is 1. The van der Waals surface area contributed by atoms with Gasteiger partial charge >= 0.3 is 5.97 Å². The van der Waals surface area contributed by atoms with E-state index in [2.05, 4.69) is 0 Å². The zero-order valence-electron chi connectivity index (χ0n) is 15.7. The summed E-state index contributed by atoms with van der Waals surface area (Å²) in [6.45, 7) is 6.99. The zero-order chi connectivity index (χ0) is 19.8. The number of thiophene rings is 1. The maximum atomic E-state index is 12.7. The van der Waals surface area contributed by atoms with Crippen molar-refractivity contribution >= 4 is 39.0 Å². The largest absolute Gasteiger partial charge is 0.478 e. The van der Waals surface area contributed by atoms with Crippen LogP contribution in [0.1, 0.15) is 40.0 Å². The molecule has 3 rings (SSSR count). The van der Waals surface area contributed by atoms with Crippen molar-refractivity contribution in [1.82, 2.24) is 4.31 Å². The summed E-state index contributed by atoms with van der Waals surface area (Å²) in [5, 5.41) is 9.70. The Balaban J connectivity index is 2.01. The molecule has 0 radical (unpaired) electrons. The van der Waals surface area contributed by atoms with Gasteiger partial charge in [0.05, 0.1) is 5.57 Å². The first-order valence-electron chi connectivity index (χ1n) is 8.83. The van der Waals surface area contributed by atoms with E-state index in [-0.39, 0.29) is 9.78 Å². The molecule has 27 heavy (non-hydrogen) atoms. The molecule has 2 aromatic rings. The van der Waals surface area contributed by atoms with Crippen molar-refractivity contribution in [3.63, 3.8) is 0 Å². The average molecular weight is 406 g/mol. The number of carbonyl (C=O) groups is 1. The van der Waals surface area contributed by atoms with Crippen LogP contribution in [0, 0.1) is 20.8 Å². The van der Waals surface area contributed by atoms with Gasteiger partial charge in [0.2, 0.25) is 0 Å². The van der Waals surface area contributed by atoms with E-state index in [0.29, 0.717) is 18.0 Å². The molecule has 1 fully saturated rings. The number of carboxylic acids is 1. The van der Waals surface area contributed by atoms with Gasteiger partial charge in [-0.25, -0.2) is 13.2 Å². The maximum Gasteiger partial charge on any atom is 0.337 e.